The van der Waals surface area contributed by atoms with E-state index in [0.29, 0.717) is 35.4 Å². The molecule has 0 aliphatic rings. The summed E-state index contributed by atoms with van der Waals surface area (Å²) in [6.45, 7) is 0.813. The van der Waals surface area contributed by atoms with Gasteiger partial charge in [-0.1, -0.05) is 24.3 Å². The summed E-state index contributed by atoms with van der Waals surface area (Å²) in [7, 11) is 3.50. The van der Waals surface area contributed by atoms with Gasteiger partial charge in [0.1, 0.15) is 30.0 Å². The number of halogens is 6. The molecular weight excluding hydrogens is 672 g/mol. The predicted molar refractivity (Wildman–Crippen MR) is 171 cm³/mol. The summed E-state index contributed by atoms with van der Waals surface area (Å²) >= 11 is 0. The molecule has 2 heterocycles. The third-order valence-corrected chi connectivity index (χ3v) is 6.86. The minimum absolute atomic E-state index is 0.0988. The van der Waals surface area contributed by atoms with E-state index < -0.39 is 35.6 Å². The largest absolute Gasteiger partial charge is 0.461 e. The summed E-state index contributed by atoms with van der Waals surface area (Å²) in [5, 5.41) is 0. The number of rotatable bonds is 17. The molecule has 0 unspecified atom stereocenters. The molecule has 0 saturated carbocycles. The van der Waals surface area contributed by atoms with Crippen LogP contribution in [0, 0.1) is 0 Å². The number of hydrogen-bond acceptors (Lipinski definition) is 9. The van der Waals surface area contributed by atoms with E-state index in [9.17, 15) is 31.1 Å². The highest BCUT2D eigenvalue weighted by atomic mass is 19.4. The summed E-state index contributed by atoms with van der Waals surface area (Å²) in [6, 6.07) is 9.37. The number of esters is 1. The fourth-order valence-electron chi connectivity index (χ4n) is 4.36. The van der Waals surface area contributed by atoms with E-state index >= 15 is 0 Å². The SMILES string of the molecule is CN(C)CC(=O)OC(CCOCc1coc(/C=C/c2ccc(C(F)(F)F)cc2)n1)CCOCc1coc(/C=C/c2ccc(C(F)(F)F)cc2)n1. The number of oxazole rings is 2. The van der Waals surface area contributed by atoms with Crippen LogP contribution in [0.2, 0.25) is 0 Å². The first-order valence-corrected chi connectivity index (χ1v) is 15.3. The molecule has 2 aromatic carbocycles. The van der Waals surface area contributed by atoms with Gasteiger partial charge in [0.25, 0.3) is 0 Å². The lowest BCUT2D eigenvalue weighted by molar-refractivity contribution is -0.151. The van der Waals surface area contributed by atoms with Crippen LogP contribution in [0.15, 0.2) is 69.9 Å². The van der Waals surface area contributed by atoms with Crippen LogP contribution in [0.4, 0.5) is 26.3 Å². The fraction of sp³-hybridized carbons (Fsp3) is 0.343. The lowest BCUT2D eigenvalue weighted by Crippen LogP contribution is -2.29. The molecule has 0 N–H and O–H groups in total. The highest BCUT2D eigenvalue weighted by Gasteiger charge is 2.30. The fourth-order valence-corrected chi connectivity index (χ4v) is 4.36. The standard InChI is InChI=1S/C35H35F6N3O6/c1-44(2)19-33(45)50-30(15-17-46-20-28-22-48-31(42-28)13-7-24-3-9-26(10-4-24)34(36,37)38)16-18-47-21-29-23-49-32(43-29)14-8-25-5-11-27(12-6-25)35(39,40)41/h3-14,22-23,30H,15-21H2,1-2H3/b13-7+,14-8+. The van der Waals surface area contributed by atoms with Crippen LogP contribution in [0.3, 0.4) is 0 Å². The van der Waals surface area contributed by atoms with E-state index in [1.165, 1.54) is 48.9 Å². The van der Waals surface area contributed by atoms with Crippen LogP contribution in [0.5, 0.6) is 0 Å². The molecule has 0 amide bonds. The second-order valence-electron chi connectivity index (χ2n) is 11.3. The van der Waals surface area contributed by atoms with Crippen LogP contribution in [-0.2, 0) is 44.6 Å². The average Bonchev–Trinajstić information content (AvgIpc) is 3.71. The highest BCUT2D eigenvalue weighted by molar-refractivity contribution is 5.71. The topological polar surface area (TPSA) is 100 Å². The van der Waals surface area contributed by atoms with E-state index in [1.807, 2.05) is 0 Å². The number of ether oxygens (including phenoxy) is 3. The van der Waals surface area contributed by atoms with Crippen molar-refractivity contribution in [1.82, 2.24) is 14.9 Å². The van der Waals surface area contributed by atoms with Crippen LogP contribution < -0.4 is 0 Å². The zero-order valence-electron chi connectivity index (χ0n) is 27.2. The van der Waals surface area contributed by atoms with Crippen molar-refractivity contribution in [1.29, 1.82) is 0 Å². The lowest BCUT2D eigenvalue weighted by Gasteiger charge is -2.19. The Morgan fingerprint density at radius 1 is 0.720 bits per heavy atom. The Morgan fingerprint density at radius 3 is 1.52 bits per heavy atom. The monoisotopic (exact) mass is 707 g/mol. The maximum atomic E-state index is 12.8. The molecule has 0 spiro atoms. The minimum Gasteiger partial charge on any atom is -0.461 e. The summed E-state index contributed by atoms with van der Waals surface area (Å²) in [4.78, 5) is 22.6. The number of aromatic nitrogens is 2. The molecule has 50 heavy (non-hydrogen) atoms. The molecule has 15 heteroatoms. The second kappa shape index (κ2) is 17.8. The van der Waals surface area contributed by atoms with Crippen molar-refractivity contribution in [3.05, 3.63) is 106 Å². The molecule has 0 fully saturated rings. The van der Waals surface area contributed by atoms with Gasteiger partial charge in [-0.05, 0) is 61.6 Å². The Balaban J connectivity index is 1.20. The first-order valence-electron chi connectivity index (χ1n) is 15.3. The molecule has 268 valence electrons. The Kier molecular flexibility index (Phi) is 13.5. The summed E-state index contributed by atoms with van der Waals surface area (Å²) in [5.74, 6) is 0.109. The molecule has 0 saturated heterocycles. The van der Waals surface area contributed by atoms with Crippen molar-refractivity contribution < 1.29 is 54.2 Å². The lowest BCUT2D eigenvalue weighted by atomic mass is 10.1. The first kappa shape index (κ1) is 38.1. The number of alkyl halides is 6. The Labute approximate surface area is 284 Å². The summed E-state index contributed by atoms with van der Waals surface area (Å²) < 4.78 is 104. The molecule has 2 aromatic heterocycles. The van der Waals surface area contributed by atoms with Gasteiger partial charge in [0.2, 0.25) is 11.8 Å². The Hall–Kier alpha value is -4.73. The summed E-state index contributed by atoms with van der Waals surface area (Å²) in [5.41, 5.74) is 0.631. The smallest absolute Gasteiger partial charge is 0.416 e. The van der Waals surface area contributed by atoms with Crippen molar-refractivity contribution in [3.63, 3.8) is 0 Å². The van der Waals surface area contributed by atoms with Crippen molar-refractivity contribution in [3.8, 4) is 0 Å². The molecule has 4 rings (SSSR count). The third kappa shape index (κ3) is 12.9. The van der Waals surface area contributed by atoms with Crippen molar-refractivity contribution in [2.24, 2.45) is 0 Å². The van der Waals surface area contributed by atoms with E-state index in [-0.39, 0.29) is 44.8 Å². The van der Waals surface area contributed by atoms with Crippen molar-refractivity contribution in [2.45, 2.75) is 44.5 Å². The molecule has 0 atom stereocenters. The van der Waals surface area contributed by atoms with Gasteiger partial charge in [0.05, 0.1) is 44.1 Å². The number of likely N-dealkylation sites (N-methyl/N-ethyl adjacent to an activating group) is 1. The van der Waals surface area contributed by atoms with Crippen molar-refractivity contribution >= 4 is 30.3 Å². The van der Waals surface area contributed by atoms with E-state index in [2.05, 4.69) is 9.97 Å². The molecule has 0 aliphatic carbocycles. The molecule has 0 bridgehead atoms. The van der Waals surface area contributed by atoms with Crippen LogP contribution in [-0.4, -0.2) is 60.8 Å². The number of hydrogen-bond donors (Lipinski definition) is 0. The average molecular weight is 708 g/mol. The Bertz CT molecular complexity index is 1580. The van der Waals surface area contributed by atoms with Gasteiger partial charge in [-0.25, -0.2) is 9.97 Å². The third-order valence-electron chi connectivity index (χ3n) is 6.86. The number of benzene rings is 2. The van der Waals surface area contributed by atoms with Gasteiger partial charge in [0.15, 0.2) is 0 Å². The Morgan fingerprint density at radius 2 is 1.14 bits per heavy atom. The van der Waals surface area contributed by atoms with Gasteiger partial charge in [-0.2, -0.15) is 26.3 Å². The minimum atomic E-state index is -4.41. The van der Waals surface area contributed by atoms with Crippen LogP contribution in [0.1, 0.15) is 58.3 Å². The zero-order chi connectivity index (χ0) is 36.1. The van der Waals surface area contributed by atoms with Crippen molar-refractivity contribution in [2.75, 3.05) is 33.9 Å². The maximum absolute atomic E-state index is 12.8. The number of carbonyl (C=O) groups is 1. The van der Waals surface area contributed by atoms with Gasteiger partial charge in [0, 0.05) is 25.0 Å². The van der Waals surface area contributed by atoms with Gasteiger partial charge >= 0.3 is 18.3 Å². The number of carbonyl (C=O) groups excluding carboxylic acids is 1. The van der Waals surface area contributed by atoms with E-state index in [0.717, 1.165) is 24.3 Å². The second-order valence-corrected chi connectivity index (χ2v) is 11.3. The van der Waals surface area contributed by atoms with Crippen LogP contribution in [0.25, 0.3) is 24.3 Å². The van der Waals surface area contributed by atoms with E-state index in [1.54, 1.807) is 31.1 Å². The van der Waals surface area contributed by atoms with Gasteiger partial charge < -0.3 is 23.0 Å². The highest BCUT2D eigenvalue weighted by Crippen LogP contribution is 2.30. The molecule has 4 aromatic rings. The summed E-state index contributed by atoms with van der Waals surface area (Å²) in [6.07, 6.45) is 0.500. The molecule has 0 aliphatic heterocycles. The van der Waals surface area contributed by atoms with Crippen LogP contribution >= 0.6 is 0 Å². The first-order chi connectivity index (χ1) is 23.7. The predicted octanol–water partition coefficient (Wildman–Crippen LogP) is 8.03. The maximum Gasteiger partial charge on any atom is 0.416 e. The van der Waals surface area contributed by atoms with E-state index in [4.69, 9.17) is 23.0 Å². The zero-order valence-corrected chi connectivity index (χ0v) is 27.2. The normalized spacial score (nSPS) is 12.6. The molecule has 0 radical (unpaired) electrons. The van der Waals surface area contributed by atoms with Gasteiger partial charge in [-0.15, -0.1) is 0 Å². The molecular formula is C35H35F6N3O6. The van der Waals surface area contributed by atoms with Gasteiger partial charge in [-0.3, -0.25) is 9.69 Å². The number of nitrogens with zero attached hydrogens (tertiary/aromatic N) is 3. The molecule has 9 nitrogen and oxygen atoms in total. The quantitative estimate of drug-likeness (QED) is 0.0614.